The smallest absolute Gasteiger partial charge is 0.323 e. The third kappa shape index (κ3) is 5.53. The maximum atomic E-state index is 12.5. The van der Waals surface area contributed by atoms with Crippen LogP contribution in [0.4, 0.5) is 0 Å². The van der Waals surface area contributed by atoms with Crippen molar-refractivity contribution >= 4 is 23.2 Å². The van der Waals surface area contributed by atoms with E-state index in [4.69, 9.17) is 14.6 Å². The van der Waals surface area contributed by atoms with Crippen LogP contribution in [0.3, 0.4) is 0 Å². The number of aromatic nitrogens is 1. The molecule has 1 aromatic heterocycles. The van der Waals surface area contributed by atoms with Crippen LogP contribution in [-0.2, 0) is 9.53 Å². The van der Waals surface area contributed by atoms with Crippen molar-refractivity contribution in [3.05, 3.63) is 35.3 Å². The highest BCUT2D eigenvalue weighted by molar-refractivity contribution is 7.13. The normalized spacial score (nSPS) is 10.8. The van der Waals surface area contributed by atoms with Gasteiger partial charge in [-0.05, 0) is 38.1 Å². The van der Waals surface area contributed by atoms with Crippen LogP contribution in [0.15, 0.2) is 29.6 Å². The number of hydrogen-bond donors (Lipinski definition) is 1. The van der Waals surface area contributed by atoms with Crippen LogP contribution in [0, 0.1) is 0 Å². The Bertz CT molecular complexity index is 742. The number of benzene rings is 1. The maximum absolute atomic E-state index is 12.5. The number of thiazole rings is 1. The molecule has 0 fully saturated rings. The summed E-state index contributed by atoms with van der Waals surface area (Å²) in [7, 11) is 1.50. The second-order valence-corrected chi connectivity index (χ2v) is 6.70. The van der Waals surface area contributed by atoms with E-state index in [1.54, 1.807) is 5.38 Å². The summed E-state index contributed by atoms with van der Waals surface area (Å²) in [6, 6.07) is 7.47. The SMILES string of the molecule is COCCN(CC(=O)O)C(=O)c1csc(-c2ccc(OC(C)C)cc2)n1. The number of ether oxygens (including phenoxy) is 2. The zero-order valence-electron chi connectivity index (χ0n) is 15.0. The van der Waals surface area contributed by atoms with Gasteiger partial charge in [0.05, 0.1) is 12.7 Å². The molecule has 1 heterocycles. The van der Waals surface area contributed by atoms with Crippen molar-refractivity contribution < 1.29 is 24.2 Å². The summed E-state index contributed by atoms with van der Waals surface area (Å²) in [5.74, 6) is -0.735. The largest absolute Gasteiger partial charge is 0.491 e. The van der Waals surface area contributed by atoms with Gasteiger partial charge in [0.1, 0.15) is 23.0 Å². The van der Waals surface area contributed by atoms with Crippen molar-refractivity contribution in [3.8, 4) is 16.3 Å². The Labute approximate surface area is 156 Å². The molecule has 26 heavy (non-hydrogen) atoms. The Morgan fingerprint density at radius 1 is 1.27 bits per heavy atom. The Morgan fingerprint density at radius 3 is 2.54 bits per heavy atom. The number of carboxylic acid groups (broad SMARTS) is 1. The molecule has 0 atom stereocenters. The standard InChI is InChI=1S/C18H22N2O5S/c1-12(2)25-14-6-4-13(5-7-14)17-19-15(11-26-17)18(23)20(8-9-24-3)10-16(21)22/h4-7,11-12H,8-10H2,1-3H3,(H,21,22). The van der Waals surface area contributed by atoms with Crippen molar-refractivity contribution in [2.24, 2.45) is 0 Å². The van der Waals surface area contributed by atoms with E-state index in [2.05, 4.69) is 4.98 Å². The summed E-state index contributed by atoms with van der Waals surface area (Å²) >= 11 is 1.33. The molecule has 0 spiro atoms. The van der Waals surface area contributed by atoms with Crippen LogP contribution in [-0.4, -0.2) is 59.8 Å². The lowest BCUT2D eigenvalue weighted by atomic mass is 10.2. The van der Waals surface area contributed by atoms with Gasteiger partial charge in [-0.3, -0.25) is 9.59 Å². The molecular formula is C18H22N2O5S. The topological polar surface area (TPSA) is 89.0 Å². The van der Waals surface area contributed by atoms with Gasteiger partial charge in [0.15, 0.2) is 0 Å². The number of amides is 1. The van der Waals surface area contributed by atoms with Crippen molar-refractivity contribution in [2.45, 2.75) is 20.0 Å². The molecule has 0 saturated carbocycles. The van der Waals surface area contributed by atoms with Crippen LogP contribution in [0.25, 0.3) is 10.6 Å². The predicted octanol–water partition coefficient (Wildman–Crippen LogP) is 2.77. The van der Waals surface area contributed by atoms with Crippen LogP contribution in [0.1, 0.15) is 24.3 Å². The zero-order valence-corrected chi connectivity index (χ0v) is 15.8. The molecule has 0 aliphatic rings. The molecule has 0 unspecified atom stereocenters. The predicted molar refractivity (Wildman–Crippen MR) is 98.7 cm³/mol. The van der Waals surface area contributed by atoms with Gasteiger partial charge in [-0.2, -0.15) is 0 Å². The molecule has 0 bridgehead atoms. The second kappa shape index (κ2) is 9.30. The molecule has 7 nitrogen and oxygen atoms in total. The first-order valence-corrected chi connectivity index (χ1v) is 9.01. The Balaban J connectivity index is 2.14. The van der Waals surface area contributed by atoms with Gasteiger partial charge in [0.25, 0.3) is 5.91 Å². The molecule has 0 aliphatic heterocycles. The molecule has 1 aromatic carbocycles. The molecule has 140 valence electrons. The number of carbonyl (C=O) groups is 2. The lowest BCUT2D eigenvalue weighted by Crippen LogP contribution is -2.38. The van der Waals surface area contributed by atoms with E-state index >= 15 is 0 Å². The highest BCUT2D eigenvalue weighted by Crippen LogP contribution is 2.26. The van der Waals surface area contributed by atoms with E-state index in [-0.39, 0.29) is 24.9 Å². The molecule has 2 rings (SSSR count). The first-order valence-electron chi connectivity index (χ1n) is 8.13. The van der Waals surface area contributed by atoms with Gasteiger partial charge >= 0.3 is 5.97 Å². The lowest BCUT2D eigenvalue weighted by molar-refractivity contribution is -0.137. The van der Waals surface area contributed by atoms with E-state index in [0.29, 0.717) is 5.01 Å². The summed E-state index contributed by atoms with van der Waals surface area (Å²) in [6.45, 7) is 3.97. The minimum atomic E-state index is -1.08. The zero-order chi connectivity index (χ0) is 19.1. The Hall–Kier alpha value is -2.45. The first kappa shape index (κ1) is 19.9. The summed E-state index contributed by atoms with van der Waals surface area (Å²) in [6.07, 6.45) is 0.0947. The molecule has 1 N–H and O–H groups in total. The van der Waals surface area contributed by atoms with Crippen LogP contribution in [0.5, 0.6) is 5.75 Å². The molecule has 1 amide bonds. The number of aliphatic carboxylic acids is 1. The molecule has 0 radical (unpaired) electrons. The van der Waals surface area contributed by atoms with E-state index in [1.165, 1.54) is 23.3 Å². The number of rotatable bonds is 9. The van der Waals surface area contributed by atoms with Crippen LogP contribution in [0.2, 0.25) is 0 Å². The number of nitrogens with zero attached hydrogens (tertiary/aromatic N) is 2. The number of methoxy groups -OCH3 is 1. The van der Waals surface area contributed by atoms with Gasteiger partial charge in [-0.25, -0.2) is 4.98 Å². The molecule has 0 saturated heterocycles. The third-order valence-corrected chi connectivity index (χ3v) is 4.27. The van der Waals surface area contributed by atoms with Crippen LogP contribution >= 0.6 is 11.3 Å². The molecule has 8 heteroatoms. The summed E-state index contributed by atoms with van der Waals surface area (Å²) in [5.41, 5.74) is 1.09. The lowest BCUT2D eigenvalue weighted by Gasteiger charge is -2.18. The Morgan fingerprint density at radius 2 is 1.96 bits per heavy atom. The summed E-state index contributed by atoms with van der Waals surface area (Å²) in [4.78, 5) is 29.1. The molecule has 2 aromatic rings. The van der Waals surface area contributed by atoms with E-state index < -0.39 is 18.4 Å². The average molecular weight is 378 g/mol. The van der Waals surface area contributed by atoms with E-state index in [9.17, 15) is 9.59 Å². The fourth-order valence-electron chi connectivity index (χ4n) is 2.23. The third-order valence-electron chi connectivity index (χ3n) is 3.38. The van der Waals surface area contributed by atoms with Gasteiger partial charge in [0, 0.05) is 24.6 Å². The quantitative estimate of drug-likeness (QED) is 0.722. The second-order valence-electron chi connectivity index (χ2n) is 5.84. The summed E-state index contributed by atoms with van der Waals surface area (Å²) in [5, 5.41) is 11.3. The van der Waals surface area contributed by atoms with Crippen molar-refractivity contribution in [1.82, 2.24) is 9.88 Å². The fraction of sp³-hybridized carbons (Fsp3) is 0.389. The maximum Gasteiger partial charge on any atom is 0.323 e. The van der Waals surface area contributed by atoms with E-state index in [0.717, 1.165) is 11.3 Å². The van der Waals surface area contributed by atoms with Crippen LogP contribution < -0.4 is 4.74 Å². The van der Waals surface area contributed by atoms with Gasteiger partial charge in [0.2, 0.25) is 0 Å². The Kier molecular flexibility index (Phi) is 7.11. The van der Waals surface area contributed by atoms with Gasteiger partial charge in [-0.15, -0.1) is 11.3 Å². The van der Waals surface area contributed by atoms with Crippen molar-refractivity contribution in [1.29, 1.82) is 0 Å². The highest BCUT2D eigenvalue weighted by atomic mass is 32.1. The van der Waals surface area contributed by atoms with E-state index in [1.807, 2.05) is 38.1 Å². The fourth-order valence-corrected chi connectivity index (χ4v) is 3.03. The van der Waals surface area contributed by atoms with Gasteiger partial charge in [-0.1, -0.05) is 0 Å². The minimum absolute atomic E-state index is 0.0947. The highest BCUT2D eigenvalue weighted by Gasteiger charge is 2.21. The average Bonchev–Trinajstić information content (AvgIpc) is 3.08. The minimum Gasteiger partial charge on any atom is -0.491 e. The van der Waals surface area contributed by atoms with Gasteiger partial charge < -0.3 is 19.5 Å². The van der Waals surface area contributed by atoms with Crippen molar-refractivity contribution in [3.63, 3.8) is 0 Å². The molecular weight excluding hydrogens is 356 g/mol. The monoisotopic (exact) mass is 378 g/mol. The number of carbonyl (C=O) groups excluding carboxylic acids is 1. The first-order chi connectivity index (χ1) is 12.4. The summed E-state index contributed by atoms with van der Waals surface area (Å²) < 4.78 is 10.5. The number of carboxylic acids is 1. The number of hydrogen-bond acceptors (Lipinski definition) is 6. The molecule has 0 aliphatic carbocycles. The van der Waals surface area contributed by atoms with Crippen molar-refractivity contribution in [2.75, 3.05) is 26.8 Å².